The van der Waals surface area contributed by atoms with Crippen molar-refractivity contribution < 1.29 is 0 Å². The fourth-order valence-corrected chi connectivity index (χ4v) is 6.05. The van der Waals surface area contributed by atoms with Crippen LogP contribution in [0.1, 0.15) is 0 Å². The Morgan fingerprint density at radius 2 is 1.02 bits per heavy atom. The van der Waals surface area contributed by atoms with E-state index >= 15 is 0 Å². The first kappa shape index (κ1) is 23.4. The van der Waals surface area contributed by atoms with Crippen molar-refractivity contribution in [3.8, 4) is 39.3 Å². The van der Waals surface area contributed by atoms with Gasteiger partial charge in [-0.25, -0.2) is 4.98 Å². The lowest BCUT2D eigenvalue weighted by Gasteiger charge is -2.17. The number of benzene rings is 6. The largest absolute Gasteiger partial charge is 0.292 e. The van der Waals surface area contributed by atoms with Gasteiger partial charge in [0.25, 0.3) is 0 Å². The fraction of sp³-hybridized carbons (Fsp3) is 0. The smallest absolute Gasteiger partial charge is 0.145 e. The second-order valence-electron chi connectivity index (χ2n) is 10.2. The van der Waals surface area contributed by atoms with Gasteiger partial charge in [0.15, 0.2) is 0 Å². The molecule has 2 heterocycles. The van der Waals surface area contributed by atoms with Crippen LogP contribution in [-0.2, 0) is 0 Å². The van der Waals surface area contributed by atoms with Gasteiger partial charge in [-0.15, -0.1) is 0 Å². The Hall–Kier alpha value is -5.54. The van der Waals surface area contributed by atoms with Crippen LogP contribution in [0.15, 0.2) is 152 Å². The summed E-state index contributed by atoms with van der Waals surface area (Å²) in [6, 6.07) is 51.1. The lowest BCUT2D eigenvalue weighted by molar-refractivity contribution is 1.10. The van der Waals surface area contributed by atoms with E-state index in [1.807, 2.05) is 24.4 Å². The average Bonchev–Trinajstić information content (AvgIpc) is 3.44. The van der Waals surface area contributed by atoms with Gasteiger partial charge in [-0.05, 0) is 57.8 Å². The molecule has 0 fully saturated rings. The molecule has 0 saturated carbocycles. The molecule has 0 aliphatic rings. The fourth-order valence-electron chi connectivity index (χ4n) is 6.05. The van der Waals surface area contributed by atoms with Gasteiger partial charge in [-0.2, -0.15) is 0 Å². The second kappa shape index (κ2) is 9.58. The number of aromatic nitrogens is 3. The molecular weight excluding hydrogens is 498 g/mol. The van der Waals surface area contributed by atoms with Gasteiger partial charge >= 0.3 is 0 Å². The predicted octanol–water partition coefficient (Wildman–Crippen LogP) is 9.73. The second-order valence-corrected chi connectivity index (χ2v) is 10.2. The van der Waals surface area contributed by atoms with Crippen LogP contribution in [0.5, 0.6) is 0 Å². The van der Waals surface area contributed by atoms with Gasteiger partial charge in [-0.1, -0.05) is 115 Å². The van der Waals surface area contributed by atoms with Gasteiger partial charge in [0.05, 0.1) is 16.6 Å². The van der Waals surface area contributed by atoms with E-state index in [1.54, 1.807) is 0 Å². The lowest BCUT2D eigenvalue weighted by atomic mass is 9.88. The van der Waals surface area contributed by atoms with E-state index in [4.69, 9.17) is 9.97 Å². The van der Waals surface area contributed by atoms with E-state index < -0.39 is 0 Å². The number of imidazole rings is 1. The Balaban J connectivity index is 1.34. The quantitative estimate of drug-likeness (QED) is 0.215. The molecule has 192 valence electrons. The maximum Gasteiger partial charge on any atom is 0.145 e. The summed E-state index contributed by atoms with van der Waals surface area (Å²) in [5.41, 5.74) is 9.97. The summed E-state index contributed by atoms with van der Waals surface area (Å²) >= 11 is 0. The molecule has 2 aromatic heterocycles. The van der Waals surface area contributed by atoms with Gasteiger partial charge in [0.2, 0.25) is 0 Å². The third-order valence-corrected chi connectivity index (χ3v) is 7.85. The monoisotopic (exact) mass is 523 g/mol. The first-order valence-corrected chi connectivity index (χ1v) is 13.9. The molecule has 3 nitrogen and oxygen atoms in total. The van der Waals surface area contributed by atoms with E-state index in [2.05, 4.69) is 132 Å². The van der Waals surface area contributed by atoms with Gasteiger partial charge in [0.1, 0.15) is 5.82 Å². The van der Waals surface area contributed by atoms with Gasteiger partial charge in [-0.3, -0.25) is 9.55 Å². The van der Waals surface area contributed by atoms with Crippen LogP contribution in [0.25, 0.3) is 72.0 Å². The lowest BCUT2D eigenvalue weighted by Crippen LogP contribution is -1.97. The van der Waals surface area contributed by atoms with Crippen LogP contribution in [0.3, 0.4) is 0 Å². The zero-order valence-corrected chi connectivity index (χ0v) is 22.3. The van der Waals surface area contributed by atoms with Crippen molar-refractivity contribution in [2.75, 3.05) is 0 Å². The van der Waals surface area contributed by atoms with E-state index in [0.717, 1.165) is 44.6 Å². The molecule has 8 rings (SSSR count). The SMILES string of the molecule is c1ccc(-c2c3ccccc3c(-c3ccc(-c4nc5ccccc5n4-c4ccccc4)cc3)c3cccnc23)cc1. The minimum atomic E-state index is 0.930. The van der Waals surface area contributed by atoms with Gasteiger partial charge in [0, 0.05) is 28.4 Å². The van der Waals surface area contributed by atoms with E-state index in [0.29, 0.717) is 0 Å². The Morgan fingerprint density at radius 1 is 0.439 bits per heavy atom. The zero-order chi connectivity index (χ0) is 27.2. The summed E-state index contributed by atoms with van der Waals surface area (Å²) in [6.45, 7) is 0. The summed E-state index contributed by atoms with van der Waals surface area (Å²) < 4.78 is 2.24. The minimum absolute atomic E-state index is 0.930. The molecule has 0 aliphatic heterocycles. The number of pyridine rings is 1. The Bertz CT molecular complexity index is 2120. The molecule has 0 unspecified atom stereocenters. The first-order valence-electron chi connectivity index (χ1n) is 13.9. The molecule has 8 aromatic rings. The van der Waals surface area contributed by atoms with Crippen molar-refractivity contribution >= 4 is 32.7 Å². The van der Waals surface area contributed by atoms with Crippen molar-refractivity contribution in [1.29, 1.82) is 0 Å². The van der Waals surface area contributed by atoms with E-state index in [1.165, 1.54) is 27.5 Å². The number of para-hydroxylation sites is 3. The van der Waals surface area contributed by atoms with Crippen LogP contribution in [-0.4, -0.2) is 14.5 Å². The highest BCUT2D eigenvalue weighted by molar-refractivity contribution is 6.20. The van der Waals surface area contributed by atoms with Crippen LogP contribution in [0, 0.1) is 0 Å². The molecule has 0 radical (unpaired) electrons. The van der Waals surface area contributed by atoms with Crippen molar-refractivity contribution in [3.05, 3.63) is 152 Å². The third kappa shape index (κ3) is 3.82. The maximum absolute atomic E-state index is 5.06. The topological polar surface area (TPSA) is 30.7 Å². The summed E-state index contributed by atoms with van der Waals surface area (Å²) in [5.74, 6) is 0.930. The van der Waals surface area contributed by atoms with Crippen molar-refractivity contribution in [2.24, 2.45) is 0 Å². The predicted molar refractivity (Wildman–Crippen MR) is 170 cm³/mol. The van der Waals surface area contributed by atoms with Crippen LogP contribution >= 0.6 is 0 Å². The van der Waals surface area contributed by atoms with Crippen molar-refractivity contribution in [2.45, 2.75) is 0 Å². The average molecular weight is 524 g/mol. The number of fused-ring (bicyclic) bond motifs is 3. The highest BCUT2D eigenvalue weighted by Crippen LogP contribution is 2.43. The number of nitrogens with zero attached hydrogens (tertiary/aromatic N) is 3. The number of rotatable bonds is 4. The molecule has 0 saturated heterocycles. The molecule has 0 amide bonds. The number of hydrogen-bond acceptors (Lipinski definition) is 2. The highest BCUT2D eigenvalue weighted by atomic mass is 15.1. The van der Waals surface area contributed by atoms with Crippen molar-refractivity contribution in [3.63, 3.8) is 0 Å². The molecule has 41 heavy (non-hydrogen) atoms. The van der Waals surface area contributed by atoms with E-state index in [-0.39, 0.29) is 0 Å². The Morgan fingerprint density at radius 3 is 1.80 bits per heavy atom. The summed E-state index contributed by atoms with van der Waals surface area (Å²) in [4.78, 5) is 9.97. The van der Waals surface area contributed by atoms with Crippen molar-refractivity contribution in [1.82, 2.24) is 14.5 Å². The first-order chi connectivity index (χ1) is 20.4. The summed E-state index contributed by atoms with van der Waals surface area (Å²) in [5, 5.41) is 3.57. The third-order valence-electron chi connectivity index (χ3n) is 7.85. The molecule has 6 aromatic carbocycles. The number of hydrogen-bond donors (Lipinski definition) is 0. The maximum atomic E-state index is 5.06. The van der Waals surface area contributed by atoms with E-state index in [9.17, 15) is 0 Å². The Kier molecular flexibility index (Phi) is 5.46. The molecule has 0 aliphatic carbocycles. The molecule has 0 atom stereocenters. The normalized spacial score (nSPS) is 11.4. The molecule has 0 bridgehead atoms. The van der Waals surface area contributed by atoms with Crippen LogP contribution < -0.4 is 0 Å². The molecular formula is C38H25N3. The molecule has 0 N–H and O–H groups in total. The molecule has 3 heteroatoms. The van der Waals surface area contributed by atoms with Gasteiger partial charge < -0.3 is 0 Å². The minimum Gasteiger partial charge on any atom is -0.292 e. The summed E-state index contributed by atoms with van der Waals surface area (Å²) in [7, 11) is 0. The zero-order valence-electron chi connectivity index (χ0n) is 22.3. The standard InChI is InChI=1S/C38H25N3/c1-3-12-26(13-4-1)36-31-17-8-7-16-30(31)35(32-18-11-25-39-37(32)36)27-21-23-28(24-22-27)38-40-33-19-9-10-20-34(33)41(38)29-14-5-2-6-15-29/h1-25H. The van der Waals surface area contributed by atoms with Crippen LogP contribution in [0.2, 0.25) is 0 Å². The van der Waals surface area contributed by atoms with Crippen LogP contribution in [0.4, 0.5) is 0 Å². The Labute approximate surface area is 238 Å². The summed E-state index contributed by atoms with van der Waals surface area (Å²) in [6.07, 6.45) is 1.89. The highest BCUT2D eigenvalue weighted by Gasteiger charge is 2.18. The molecule has 0 spiro atoms.